The van der Waals surface area contributed by atoms with Crippen molar-refractivity contribution in [1.29, 1.82) is 0 Å². The van der Waals surface area contributed by atoms with E-state index in [1.807, 2.05) is 16.3 Å². The van der Waals surface area contributed by atoms with Gasteiger partial charge in [-0.1, -0.05) is 6.07 Å². The van der Waals surface area contributed by atoms with Gasteiger partial charge in [-0.25, -0.2) is 13.4 Å². The van der Waals surface area contributed by atoms with Gasteiger partial charge in [0.25, 0.3) is 0 Å². The summed E-state index contributed by atoms with van der Waals surface area (Å²) >= 11 is 1.44. The highest BCUT2D eigenvalue weighted by Crippen LogP contribution is 2.33. The van der Waals surface area contributed by atoms with E-state index in [1.165, 1.54) is 15.6 Å². The summed E-state index contributed by atoms with van der Waals surface area (Å²) in [6.45, 7) is 1.48. The van der Waals surface area contributed by atoms with Crippen molar-refractivity contribution in [2.45, 2.75) is 37.2 Å². The Morgan fingerprint density at radius 2 is 2.15 bits per heavy atom. The summed E-state index contributed by atoms with van der Waals surface area (Å²) in [6.07, 6.45) is 4.42. The average Bonchev–Trinajstić information content (AvgIpc) is 3.37. The van der Waals surface area contributed by atoms with Gasteiger partial charge in [-0.2, -0.15) is 4.31 Å². The van der Waals surface area contributed by atoms with Crippen molar-refractivity contribution in [2.24, 2.45) is 5.92 Å². The van der Waals surface area contributed by atoms with Crippen molar-refractivity contribution in [3.8, 4) is 0 Å². The second-order valence-corrected chi connectivity index (χ2v) is 9.93. The Labute approximate surface area is 157 Å². The van der Waals surface area contributed by atoms with E-state index in [0.717, 1.165) is 41.9 Å². The Bertz CT molecular complexity index is 921. The maximum absolute atomic E-state index is 12.9. The van der Waals surface area contributed by atoms with Crippen LogP contribution in [0.3, 0.4) is 0 Å². The van der Waals surface area contributed by atoms with Gasteiger partial charge in [-0.15, -0.1) is 11.3 Å². The minimum Gasteiger partial charge on any atom is -0.338 e. The highest BCUT2D eigenvalue weighted by atomic mass is 32.2. The molecule has 1 aromatic heterocycles. The quantitative estimate of drug-likeness (QED) is 0.784. The summed E-state index contributed by atoms with van der Waals surface area (Å²) in [7, 11) is -2.03. The first-order valence-corrected chi connectivity index (χ1v) is 11.0. The zero-order valence-corrected chi connectivity index (χ0v) is 16.2. The minimum absolute atomic E-state index is 0.188. The van der Waals surface area contributed by atoms with Crippen LogP contribution in [-0.4, -0.2) is 42.1 Å². The molecule has 0 saturated heterocycles. The van der Waals surface area contributed by atoms with Crippen molar-refractivity contribution in [3.63, 3.8) is 0 Å². The first kappa shape index (κ1) is 17.6. The molecule has 0 N–H and O–H groups in total. The van der Waals surface area contributed by atoms with Crippen LogP contribution in [0.4, 0.5) is 0 Å². The molecule has 0 spiro atoms. The summed E-state index contributed by atoms with van der Waals surface area (Å²) in [4.78, 5) is 18.6. The van der Waals surface area contributed by atoms with Gasteiger partial charge in [0.05, 0.1) is 11.4 Å². The fraction of sp³-hybridized carbons (Fsp3) is 0.444. The molecule has 138 valence electrons. The molecule has 4 rings (SSSR count). The lowest BCUT2D eigenvalue weighted by molar-refractivity contribution is -0.133. The first-order valence-electron chi connectivity index (χ1n) is 8.70. The molecule has 2 heterocycles. The van der Waals surface area contributed by atoms with E-state index in [1.54, 1.807) is 25.4 Å². The third-order valence-corrected chi connectivity index (χ3v) is 7.54. The molecule has 0 bridgehead atoms. The summed E-state index contributed by atoms with van der Waals surface area (Å²) < 4.78 is 27.1. The fourth-order valence-corrected chi connectivity index (χ4v) is 5.19. The number of fused-ring (bicyclic) bond motifs is 1. The predicted octanol–water partition coefficient (Wildman–Crippen LogP) is 2.26. The summed E-state index contributed by atoms with van der Waals surface area (Å²) in [6, 6.07) is 5.29. The lowest BCUT2D eigenvalue weighted by Gasteiger charge is -2.29. The summed E-state index contributed by atoms with van der Waals surface area (Å²) in [5.74, 6) is 0.401. The van der Waals surface area contributed by atoms with Crippen molar-refractivity contribution in [3.05, 3.63) is 45.9 Å². The number of benzene rings is 1. The van der Waals surface area contributed by atoms with Crippen LogP contribution in [0.15, 0.2) is 34.7 Å². The number of amides is 1. The number of sulfonamides is 1. The number of hydrogen-bond acceptors (Lipinski definition) is 5. The van der Waals surface area contributed by atoms with Gasteiger partial charge in [-0.05, 0) is 42.5 Å². The maximum atomic E-state index is 12.9. The van der Waals surface area contributed by atoms with E-state index in [9.17, 15) is 13.2 Å². The number of thiazole rings is 1. The molecule has 1 aliphatic heterocycles. The third-order valence-electron chi connectivity index (χ3n) is 4.98. The van der Waals surface area contributed by atoms with Gasteiger partial charge < -0.3 is 4.90 Å². The monoisotopic (exact) mass is 391 g/mol. The number of aromatic nitrogens is 1. The molecule has 0 radical (unpaired) electrons. The van der Waals surface area contributed by atoms with E-state index in [-0.39, 0.29) is 23.3 Å². The smallest absolute Gasteiger partial charge is 0.243 e. The molecule has 0 atom stereocenters. The van der Waals surface area contributed by atoms with Gasteiger partial charge >= 0.3 is 0 Å². The summed E-state index contributed by atoms with van der Waals surface area (Å²) in [5.41, 5.74) is 2.07. The van der Waals surface area contributed by atoms with Crippen molar-refractivity contribution < 1.29 is 13.2 Å². The van der Waals surface area contributed by atoms with E-state index >= 15 is 0 Å². The minimum atomic E-state index is -3.59. The topological polar surface area (TPSA) is 70.6 Å². The maximum Gasteiger partial charge on any atom is 0.243 e. The van der Waals surface area contributed by atoms with Gasteiger partial charge in [0.15, 0.2) is 0 Å². The standard InChI is InChI=1S/C18H21N3O3S2/c1-20(12-17-19-7-9-25-17)26(23,24)16-5-4-13-6-8-21(11-15(13)10-16)18(22)14-2-3-14/h4-5,7,9-10,14H,2-3,6,8,11-12H2,1H3. The van der Waals surface area contributed by atoms with E-state index in [0.29, 0.717) is 6.54 Å². The second-order valence-electron chi connectivity index (χ2n) is 6.90. The van der Waals surface area contributed by atoms with Gasteiger partial charge in [0.1, 0.15) is 5.01 Å². The number of carbonyl (C=O) groups excluding carboxylic acids is 1. The Morgan fingerprint density at radius 3 is 2.85 bits per heavy atom. The molecule has 8 heteroatoms. The number of hydrogen-bond donors (Lipinski definition) is 0. The number of rotatable bonds is 5. The van der Waals surface area contributed by atoms with Crippen molar-refractivity contribution in [2.75, 3.05) is 13.6 Å². The molecule has 0 unspecified atom stereocenters. The molecule has 1 amide bonds. The van der Waals surface area contributed by atoms with E-state index < -0.39 is 10.0 Å². The Morgan fingerprint density at radius 1 is 1.35 bits per heavy atom. The largest absolute Gasteiger partial charge is 0.338 e. The molecular formula is C18H21N3O3S2. The Kier molecular flexibility index (Phi) is 4.58. The highest BCUT2D eigenvalue weighted by molar-refractivity contribution is 7.89. The molecule has 2 aromatic rings. The van der Waals surface area contributed by atoms with Crippen LogP contribution in [-0.2, 0) is 34.3 Å². The molecular weight excluding hydrogens is 370 g/mol. The molecule has 1 aliphatic carbocycles. The zero-order chi connectivity index (χ0) is 18.3. The lowest BCUT2D eigenvalue weighted by Crippen LogP contribution is -2.37. The van der Waals surface area contributed by atoms with Crippen LogP contribution in [0.1, 0.15) is 29.0 Å². The average molecular weight is 392 g/mol. The van der Waals surface area contributed by atoms with Crippen LogP contribution < -0.4 is 0 Å². The normalized spacial score (nSPS) is 17.4. The number of nitrogens with zero attached hydrogens (tertiary/aromatic N) is 3. The Balaban J connectivity index is 1.56. The van der Waals surface area contributed by atoms with E-state index in [2.05, 4.69) is 4.98 Å². The van der Waals surface area contributed by atoms with Gasteiger partial charge in [-0.3, -0.25) is 4.79 Å². The molecule has 6 nitrogen and oxygen atoms in total. The SMILES string of the molecule is CN(Cc1nccs1)S(=O)(=O)c1ccc2c(c1)CN(C(=O)C1CC1)CC2. The van der Waals surface area contributed by atoms with Crippen molar-refractivity contribution in [1.82, 2.24) is 14.2 Å². The first-order chi connectivity index (χ1) is 12.4. The van der Waals surface area contributed by atoms with Crippen LogP contribution in [0.25, 0.3) is 0 Å². The van der Waals surface area contributed by atoms with E-state index in [4.69, 9.17) is 0 Å². The Hall–Kier alpha value is -1.77. The lowest BCUT2D eigenvalue weighted by atomic mass is 9.99. The molecule has 1 aromatic carbocycles. The fourth-order valence-electron chi connectivity index (χ4n) is 3.26. The van der Waals surface area contributed by atoms with Crippen molar-refractivity contribution >= 4 is 27.3 Å². The summed E-state index contributed by atoms with van der Waals surface area (Å²) in [5, 5.41) is 2.59. The zero-order valence-electron chi connectivity index (χ0n) is 14.6. The second kappa shape index (κ2) is 6.75. The highest BCUT2D eigenvalue weighted by Gasteiger charge is 2.35. The van der Waals surface area contributed by atoms with Gasteiger partial charge in [0, 0.05) is 37.6 Å². The molecule has 1 fully saturated rings. The van der Waals surface area contributed by atoms with Gasteiger partial charge in [0.2, 0.25) is 15.9 Å². The predicted molar refractivity (Wildman–Crippen MR) is 99.1 cm³/mol. The number of carbonyl (C=O) groups is 1. The van der Waals surface area contributed by atoms with Crippen LogP contribution in [0.5, 0.6) is 0 Å². The van der Waals surface area contributed by atoms with Crippen LogP contribution >= 0.6 is 11.3 Å². The molecule has 1 saturated carbocycles. The van der Waals surface area contributed by atoms with Crippen LogP contribution in [0, 0.1) is 5.92 Å². The third kappa shape index (κ3) is 3.41. The van der Waals surface area contributed by atoms with Crippen LogP contribution in [0.2, 0.25) is 0 Å². The molecule has 2 aliphatic rings. The molecule has 26 heavy (non-hydrogen) atoms.